The monoisotopic (exact) mass is 817 g/mol. The largest absolute Gasteiger partial charge is 0.507 e. The molecule has 5 heteroatoms. The lowest BCUT2D eigenvalue weighted by Gasteiger charge is -2.28. The molecule has 9 rings (SSSR count). The molecule has 0 saturated heterocycles. The standard InChI is InChI=1S/C56H55N3OS/c1-33(2)41-27-36(35-19-12-11-13-20-35)28-42(34(3)4)52(41)59-47-24-18-22-39(51(47)58-54(59)44-31-38(55(5,6)7)32-45(53(44)60)56(8,9)10)43-29-37(46-23-16-17-26-57-46)30-49-50(43)40-21-14-15-25-48(40)61-49/h11-34,60H,1-10H3. The van der Waals surface area contributed by atoms with Crippen LogP contribution in [-0.4, -0.2) is 19.6 Å². The van der Waals surface area contributed by atoms with E-state index in [-0.39, 0.29) is 28.4 Å². The summed E-state index contributed by atoms with van der Waals surface area (Å²) in [6.07, 6.45) is 1.87. The minimum absolute atomic E-state index is 0.175. The van der Waals surface area contributed by atoms with Gasteiger partial charge in [-0.05, 0) is 111 Å². The number of nitrogens with zero attached hydrogens (tertiary/aromatic N) is 3. The van der Waals surface area contributed by atoms with Crippen LogP contribution in [0.3, 0.4) is 0 Å². The number of thiophene rings is 1. The highest BCUT2D eigenvalue weighted by Crippen LogP contribution is 2.49. The predicted octanol–water partition coefficient (Wildman–Crippen LogP) is 16.0. The molecule has 4 nitrogen and oxygen atoms in total. The molecule has 9 aromatic rings. The molecular formula is C56H55N3OS. The zero-order chi connectivity index (χ0) is 43.0. The molecule has 0 aliphatic heterocycles. The van der Waals surface area contributed by atoms with Crippen LogP contribution in [0.5, 0.6) is 5.75 Å². The van der Waals surface area contributed by atoms with Gasteiger partial charge in [0, 0.05) is 43.1 Å². The number of para-hydroxylation sites is 1. The van der Waals surface area contributed by atoms with Gasteiger partial charge in [-0.15, -0.1) is 11.3 Å². The second kappa shape index (κ2) is 15.1. The highest BCUT2D eigenvalue weighted by atomic mass is 32.1. The Morgan fingerprint density at radius 2 is 1.28 bits per heavy atom. The second-order valence-corrected chi connectivity index (χ2v) is 20.3. The summed E-state index contributed by atoms with van der Waals surface area (Å²) < 4.78 is 4.84. The predicted molar refractivity (Wildman–Crippen MR) is 261 cm³/mol. The van der Waals surface area contributed by atoms with E-state index in [0.29, 0.717) is 0 Å². The Kier molecular flexibility index (Phi) is 10.0. The summed E-state index contributed by atoms with van der Waals surface area (Å²) in [5.74, 6) is 1.40. The van der Waals surface area contributed by atoms with Gasteiger partial charge in [0.15, 0.2) is 0 Å². The maximum atomic E-state index is 12.6. The first-order chi connectivity index (χ1) is 29.1. The molecule has 0 spiro atoms. The second-order valence-electron chi connectivity index (χ2n) is 19.3. The van der Waals surface area contributed by atoms with E-state index in [1.165, 1.54) is 42.4 Å². The van der Waals surface area contributed by atoms with Crippen LogP contribution < -0.4 is 0 Å². The first kappa shape index (κ1) is 40.4. The lowest BCUT2D eigenvalue weighted by Crippen LogP contribution is -2.17. The minimum atomic E-state index is -0.316. The van der Waals surface area contributed by atoms with E-state index in [1.807, 2.05) is 23.6 Å². The topological polar surface area (TPSA) is 50.9 Å². The number of pyridine rings is 1. The molecule has 0 amide bonds. The van der Waals surface area contributed by atoms with Crippen molar-refractivity contribution >= 4 is 42.5 Å². The van der Waals surface area contributed by atoms with Crippen LogP contribution in [0.1, 0.15) is 103 Å². The van der Waals surface area contributed by atoms with E-state index in [2.05, 4.69) is 195 Å². The van der Waals surface area contributed by atoms with Gasteiger partial charge in [0.1, 0.15) is 11.6 Å². The molecule has 3 aromatic heterocycles. The van der Waals surface area contributed by atoms with Crippen LogP contribution in [0.25, 0.3) is 81.8 Å². The normalized spacial score (nSPS) is 12.5. The van der Waals surface area contributed by atoms with E-state index < -0.39 is 0 Å². The zero-order valence-corrected chi connectivity index (χ0v) is 37.9. The van der Waals surface area contributed by atoms with Crippen molar-refractivity contribution in [3.8, 4) is 56.3 Å². The number of aromatic nitrogens is 3. The summed E-state index contributed by atoms with van der Waals surface area (Å²) >= 11 is 1.82. The van der Waals surface area contributed by atoms with Gasteiger partial charge in [0.2, 0.25) is 0 Å². The molecule has 1 N–H and O–H groups in total. The average molecular weight is 818 g/mol. The van der Waals surface area contributed by atoms with Crippen molar-refractivity contribution in [2.75, 3.05) is 0 Å². The molecule has 0 aliphatic rings. The molecule has 0 unspecified atom stereocenters. The van der Waals surface area contributed by atoms with Crippen molar-refractivity contribution in [2.45, 2.75) is 91.9 Å². The Hall–Kier alpha value is -6.04. The van der Waals surface area contributed by atoms with Gasteiger partial charge >= 0.3 is 0 Å². The van der Waals surface area contributed by atoms with Crippen LogP contribution in [0.2, 0.25) is 0 Å². The van der Waals surface area contributed by atoms with Crippen molar-refractivity contribution in [2.24, 2.45) is 0 Å². The number of benzene rings is 6. The highest BCUT2D eigenvalue weighted by Gasteiger charge is 2.31. The third-order valence-electron chi connectivity index (χ3n) is 12.2. The fourth-order valence-corrected chi connectivity index (χ4v) is 10.1. The molecule has 0 aliphatic carbocycles. The van der Waals surface area contributed by atoms with Crippen LogP contribution >= 0.6 is 11.3 Å². The van der Waals surface area contributed by atoms with Crippen LogP contribution in [-0.2, 0) is 10.8 Å². The van der Waals surface area contributed by atoms with Crippen molar-refractivity contribution < 1.29 is 5.11 Å². The number of aromatic hydroxyl groups is 1. The summed E-state index contributed by atoms with van der Waals surface area (Å²) in [7, 11) is 0. The Morgan fingerprint density at radius 3 is 1.93 bits per heavy atom. The first-order valence-corrected chi connectivity index (χ1v) is 22.4. The van der Waals surface area contributed by atoms with Gasteiger partial charge in [0.05, 0.1) is 28.0 Å². The summed E-state index contributed by atoms with van der Waals surface area (Å²) in [5, 5.41) is 15.1. The number of hydrogen-bond acceptors (Lipinski definition) is 4. The van der Waals surface area contributed by atoms with Crippen molar-refractivity contribution in [1.82, 2.24) is 14.5 Å². The molecule has 0 fully saturated rings. The smallest absolute Gasteiger partial charge is 0.149 e. The summed E-state index contributed by atoms with van der Waals surface area (Å²) in [5.41, 5.74) is 14.4. The Labute approximate surface area is 364 Å². The fraction of sp³-hybridized carbons (Fsp3) is 0.250. The Balaban J connectivity index is 1.46. The third kappa shape index (κ3) is 7.13. The number of hydrogen-bond donors (Lipinski definition) is 1. The third-order valence-corrected chi connectivity index (χ3v) is 13.3. The lowest BCUT2D eigenvalue weighted by molar-refractivity contribution is 0.446. The van der Waals surface area contributed by atoms with Crippen molar-refractivity contribution in [1.29, 1.82) is 0 Å². The van der Waals surface area contributed by atoms with Gasteiger partial charge in [-0.3, -0.25) is 9.55 Å². The van der Waals surface area contributed by atoms with Gasteiger partial charge in [-0.2, -0.15) is 0 Å². The summed E-state index contributed by atoms with van der Waals surface area (Å²) in [6.45, 7) is 22.4. The molecule has 0 radical (unpaired) electrons. The van der Waals surface area contributed by atoms with Gasteiger partial charge in [-0.1, -0.05) is 142 Å². The number of imidazole rings is 1. The van der Waals surface area contributed by atoms with Gasteiger partial charge in [0.25, 0.3) is 0 Å². The fourth-order valence-electron chi connectivity index (χ4n) is 8.90. The van der Waals surface area contributed by atoms with Gasteiger partial charge in [-0.25, -0.2) is 4.98 Å². The minimum Gasteiger partial charge on any atom is -0.507 e. The Morgan fingerprint density at radius 1 is 0.590 bits per heavy atom. The van der Waals surface area contributed by atoms with Gasteiger partial charge < -0.3 is 5.11 Å². The Bertz CT molecular complexity index is 3070. The number of phenolic OH excluding ortho intramolecular Hbond substituents is 1. The van der Waals surface area contributed by atoms with Crippen molar-refractivity contribution in [3.05, 3.63) is 156 Å². The van der Waals surface area contributed by atoms with E-state index in [4.69, 9.17) is 9.97 Å². The molecule has 61 heavy (non-hydrogen) atoms. The number of fused-ring (bicyclic) bond motifs is 4. The van der Waals surface area contributed by atoms with Crippen molar-refractivity contribution in [3.63, 3.8) is 0 Å². The van der Waals surface area contributed by atoms with Crippen LogP contribution in [0, 0.1) is 0 Å². The molecule has 0 bridgehead atoms. The van der Waals surface area contributed by atoms with E-state index in [1.54, 1.807) is 0 Å². The summed E-state index contributed by atoms with van der Waals surface area (Å²) in [6, 6.07) is 45.9. The van der Waals surface area contributed by atoms with Crippen LogP contribution in [0.4, 0.5) is 0 Å². The SMILES string of the molecule is CC(C)c1cc(-c2ccccc2)cc(C(C)C)c1-n1c(-c2cc(C(C)(C)C)cc(C(C)(C)C)c2O)nc2c(-c3cc(-c4ccccn4)cc4sc5ccccc5c34)cccc21. The lowest BCUT2D eigenvalue weighted by atomic mass is 9.78. The van der Waals surface area contributed by atoms with E-state index in [9.17, 15) is 5.11 Å². The number of rotatable bonds is 7. The van der Waals surface area contributed by atoms with Crippen LogP contribution in [0.15, 0.2) is 134 Å². The molecular weight excluding hydrogens is 763 g/mol. The molecule has 6 aromatic carbocycles. The van der Waals surface area contributed by atoms with E-state index >= 15 is 0 Å². The highest BCUT2D eigenvalue weighted by molar-refractivity contribution is 7.26. The molecule has 306 valence electrons. The first-order valence-electron chi connectivity index (χ1n) is 21.6. The molecule has 3 heterocycles. The maximum Gasteiger partial charge on any atom is 0.149 e. The average Bonchev–Trinajstić information content (AvgIpc) is 3.81. The maximum absolute atomic E-state index is 12.6. The number of phenols is 1. The molecule has 0 atom stereocenters. The van der Waals surface area contributed by atoms with E-state index in [0.717, 1.165) is 61.6 Å². The zero-order valence-electron chi connectivity index (χ0n) is 37.1. The summed E-state index contributed by atoms with van der Waals surface area (Å²) in [4.78, 5) is 10.6. The quantitative estimate of drug-likeness (QED) is 0.174. The molecule has 0 saturated carbocycles.